The van der Waals surface area contributed by atoms with Gasteiger partial charge in [-0.3, -0.25) is 0 Å². The summed E-state index contributed by atoms with van der Waals surface area (Å²) in [4.78, 5) is 2.39. The molecule has 1 atom stereocenters. The summed E-state index contributed by atoms with van der Waals surface area (Å²) < 4.78 is 5.72. The highest BCUT2D eigenvalue weighted by molar-refractivity contribution is 5.40. The number of aryl methyl sites for hydroxylation is 1. The van der Waals surface area contributed by atoms with Gasteiger partial charge in [0.05, 0.1) is 6.61 Å². The van der Waals surface area contributed by atoms with Gasteiger partial charge >= 0.3 is 0 Å². The summed E-state index contributed by atoms with van der Waals surface area (Å²) in [6.45, 7) is 7.30. The molecule has 0 aliphatic carbocycles. The Morgan fingerprint density at radius 3 is 2.88 bits per heavy atom. The molecule has 1 aromatic rings. The van der Waals surface area contributed by atoms with Crippen molar-refractivity contribution < 1.29 is 4.74 Å². The van der Waals surface area contributed by atoms with Crippen molar-refractivity contribution in [1.82, 2.24) is 4.90 Å². The molecular weight excluding hydrogens is 198 g/mol. The summed E-state index contributed by atoms with van der Waals surface area (Å²) in [6.07, 6.45) is 1.25. The van der Waals surface area contributed by atoms with Gasteiger partial charge in [0.2, 0.25) is 0 Å². The van der Waals surface area contributed by atoms with E-state index >= 15 is 0 Å². The molecule has 2 heteroatoms. The quantitative estimate of drug-likeness (QED) is 0.775. The van der Waals surface area contributed by atoms with Gasteiger partial charge in [-0.2, -0.15) is 0 Å². The van der Waals surface area contributed by atoms with Crippen LogP contribution in [0.1, 0.15) is 30.4 Å². The van der Waals surface area contributed by atoms with Gasteiger partial charge in [-0.25, -0.2) is 0 Å². The van der Waals surface area contributed by atoms with Crippen LogP contribution in [0.25, 0.3) is 0 Å². The molecule has 1 aliphatic rings. The summed E-state index contributed by atoms with van der Waals surface area (Å²) in [6, 6.07) is 6.54. The van der Waals surface area contributed by atoms with Gasteiger partial charge in [-0.15, -0.1) is 0 Å². The van der Waals surface area contributed by atoms with E-state index < -0.39 is 0 Å². The predicted molar refractivity (Wildman–Crippen MR) is 67.2 cm³/mol. The predicted octanol–water partition coefficient (Wildman–Crippen LogP) is 2.81. The average Bonchev–Trinajstić information content (AvgIpc) is 2.68. The van der Waals surface area contributed by atoms with Gasteiger partial charge in [0, 0.05) is 12.5 Å². The van der Waals surface area contributed by atoms with E-state index in [9.17, 15) is 0 Å². The number of likely N-dealkylation sites (tertiary alicyclic amines) is 1. The Kier molecular flexibility index (Phi) is 3.49. The molecule has 16 heavy (non-hydrogen) atoms. The molecule has 1 heterocycles. The molecular formula is C14H21NO. The van der Waals surface area contributed by atoms with Crippen LogP contribution in [0.15, 0.2) is 18.2 Å². The average molecular weight is 219 g/mol. The van der Waals surface area contributed by atoms with Crippen LogP contribution in [0.3, 0.4) is 0 Å². The SMILES string of the molecule is CCOc1ccc(C)cc1C1CCN(C)C1. The number of likely N-dealkylation sites (N-methyl/N-ethyl adjacent to an activating group) is 1. The van der Waals surface area contributed by atoms with Gasteiger partial charge in [0.1, 0.15) is 5.75 Å². The van der Waals surface area contributed by atoms with Crippen molar-refractivity contribution >= 4 is 0 Å². The molecule has 1 saturated heterocycles. The van der Waals surface area contributed by atoms with Gasteiger partial charge in [-0.05, 0) is 45.5 Å². The van der Waals surface area contributed by atoms with Crippen LogP contribution in [0.5, 0.6) is 5.75 Å². The van der Waals surface area contributed by atoms with Crippen molar-refractivity contribution in [2.75, 3.05) is 26.7 Å². The maximum Gasteiger partial charge on any atom is 0.122 e. The van der Waals surface area contributed by atoms with E-state index in [4.69, 9.17) is 4.74 Å². The highest BCUT2D eigenvalue weighted by atomic mass is 16.5. The van der Waals surface area contributed by atoms with Gasteiger partial charge in [0.15, 0.2) is 0 Å². The van der Waals surface area contributed by atoms with E-state index in [1.54, 1.807) is 0 Å². The lowest BCUT2D eigenvalue weighted by atomic mass is 9.96. The highest BCUT2D eigenvalue weighted by Gasteiger charge is 2.23. The Balaban J connectivity index is 2.26. The third-order valence-corrected chi connectivity index (χ3v) is 3.30. The van der Waals surface area contributed by atoms with Crippen LogP contribution >= 0.6 is 0 Å². The van der Waals surface area contributed by atoms with E-state index in [0.717, 1.165) is 18.9 Å². The third-order valence-electron chi connectivity index (χ3n) is 3.30. The van der Waals surface area contributed by atoms with E-state index in [-0.39, 0.29) is 0 Å². The maximum absolute atomic E-state index is 5.72. The summed E-state index contributed by atoms with van der Waals surface area (Å²) in [7, 11) is 2.19. The largest absolute Gasteiger partial charge is 0.494 e. The molecule has 0 aromatic heterocycles. The Bertz CT molecular complexity index is 362. The molecule has 0 N–H and O–H groups in total. The fourth-order valence-electron chi connectivity index (χ4n) is 2.46. The Morgan fingerprint density at radius 2 is 2.25 bits per heavy atom. The number of benzene rings is 1. The second-order valence-corrected chi connectivity index (χ2v) is 4.72. The minimum atomic E-state index is 0.645. The lowest BCUT2D eigenvalue weighted by Crippen LogP contribution is -2.13. The van der Waals surface area contributed by atoms with E-state index in [1.165, 1.54) is 24.1 Å². The number of nitrogens with zero attached hydrogens (tertiary/aromatic N) is 1. The first-order chi connectivity index (χ1) is 7.70. The Labute approximate surface area is 98.2 Å². The van der Waals surface area contributed by atoms with Crippen molar-refractivity contribution in [1.29, 1.82) is 0 Å². The normalized spacial score (nSPS) is 21.3. The van der Waals surface area contributed by atoms with E-state index in [0.29, 0.717) is 5.92 Å². The lowest BCUT2D eigenvalue weighted by molar-refractivity contribution is 0.333. The van der Waals surface area contributed by atoms with Crippen LogP contribution in [0, 0.1) is 6.92 Å². The summed E-state index contributed by atoms with van der Waals surface area (Å²) in [5.41, 5.74) is 2.72. The topological polar surface area (TPSA) is 12.5 Å². The molecule has 0 amide bonds. The molecule has 1 aliphatic heterocycles. The number of hydrogen-bond donors (Lipinski definition) is 0. The smallest absolute Gasteiger partial charge is 0.122 e. The standard InChI is InChI=1S/C14H21NO/c1-4-16-14-6-5-11(2)9-13(14)12-7-8-15(3)10-12/h5-6,9,12H,4,7-8,10H2,1-3H3. The minimum absolute atomic E-state index is 0.645. The van der Waals surface area contributed by atoms with Gasteiger partial charge in [0.25, 0.3) is 0 Å². The number of rotatable bonds is 3. The van der Waals surface area contributed by atoms with Gasteiger partial charge in [-0.1, -0.05) is 17.7 Å². The monoisotopic (exact) mass is 219 g/mol. The van der Waals surface area contributed by atoms with Crippen molar-refractivity contribution in [2.24, 2.45) is 0 Å². The van der Waals surface area contributed by atoms with Crippen LogP contribution in [0.4, 0.5) is 0 Å². The first kappa shape index (κ1) is 11.5. The Hall–Kier alpha value is -1.02. The van der Waals surface area contributed by atoms with Crippen LogP contribution in [-0.4, -0.2) is 31.6 Å². The molecule has 0 bridgehead atoms. The number of ether oxygens (including phenoxy) is 1. The molecule has 0 saturated carbocycles. The second kappa shape index (κ2) is 4.88. The zero-order chi connectivity index (χ0) is 11.5. The zero-order valence-corrected chi connectivity index (χ0v) is 10.5. The maximum atomic E-state index is 5.72. The first-order valence-corrected chi connectivity index (χ1v) is 6.12. The summed E-state index contributed by atoms with van der Waals surface area (Å²) >= 11 is 0. The van der Waals surface area contributed by atoms with E-state index in [1.807, 2.05) is 6.92 Å². The summed E-state index contributed by atoms with van der Waals surface area (Å²) in [5, 5.41) is 0. The van der Waals surface area contributed by atoms with Crippen LogP contribution < -0.4 is 4.74 Å². The third kappa shape index (κ3) is 2.38. The fraction of sp³-hybridized carbons (Fsp3) is 0.571. The van der Waals surface area contributed by atoms with Crippen molar-refractivity contribution in [3.63, 3.8) is 0 Å². The van der Waals surface area contributed by atoms with E-state index in [2.05, 4.69) is 37.1 Å². The fourth-order valence-corrected chi connectivity index (χ4v) is 2.46. The minimum Gasteiger partial charge on any atom is -0.494 e. The zero-order valence-electron chi connectivity index (χ0n) is 10.5. The van der Waals surface area contributed by atoms with Crippen molar-refractivity contribution in [2.45, 2.75) is 26.2 Å². The van der Waals surface area contributed by atoms with Crippen LogP contribution in [-0.2, 0) is 0 Å². The molecule has 0 radical (unpaired) electrons. The van der Waals surface area contributed by atoms with Crippen LogP contribution in [0.2, 0.25) is 0 Å². The molecule has 1 fully saturated rings. The second-order valence-electron chi connectivity index (χ2n) is 4.72. The Morgan fingerprint density at radius 1 is 1.44 bits per heavy atom. The molecule has 2 nitrogen and oxygen atoms in total. The molecule has 88 valence electrons. The highest BCUT2D eigenvalue weighted by Crippen LogP contribution is 2.33. The van der Waals surface area contributed by atoms with Gasteiger partial charge < -0.3 is 9.64 Å². The number of hydrogen-bond acceptors (Lipinski definition) is 2. The van der Waals surface area contributed by atoms with Crippen molar-refractivity contribution in [3.8, 4) is 5.75 Å². The lowest BCUT2D eigenvalue weighted by Gasteiger charge is -2.16. The molecule has 2 rings (SSSR count). The molecule has 1 unspecified atom stereocenters. The first-order valence-electron chi connectivity index (χ1n) is 6.12. The molecule has 1 aromatic carbocycles. The molecule has 0 spiro atoms. The summed E-state index contributed by atoms with van der Waals surface area (Å²) in [5.74, 6) is 1.72. The van der Waals surface area contributed by atoms with Crippen molar-refractivity contribution in [3.05, 3.63) is 29.3 Å².